The van der Waals surface area contributed by atoms with Gasteiger partial charge >= 0.3 is 6.03 Å². The fourth-order valence-electron chi connectivity index (χ4n) is 2.51. The number of rotatable bonds is 6. The molecule has 1 aliphatic heterocycles. The Morgan fingerprint density at radius 2 is 2.00 bits per heavy atom. The van der Waals surface area contributed by atoms with Crippen LogP contribution in [-0.2, 0) is 0 Å². The topological polar surface area (TPSA) is 55.8 Å². The molecular formula is C15H31N3O2. The number of likely N-dealkylation sites (N-methyl/N-ethyl adjacent to an activating group) is 1. The predicted octanol–water partition coefficient (Wildman–Crippen LogP) is 1.52. The van der Waals surface area contributed by atoms with E-state index in [0.717, 1.165) is 25.6 Å². The molecule has 1 aliphatic rings. The minimum atomic E-state index is -0.851. The highest BCUT2D eigenvalue weighted by atomic mass is 16.3. The largest absolute Gasteiger partial charge is 0.389 e. The highest BCUT2D eigenvalue weighted by Gasteiger charge is 2.21. The predicted molar refractivity (Wildman–Crippen MR) is 81.8 cm³/mol. The number of hydrogen-bond donors (Lipinski definition) is 2. The molecule has 20 heavy (non-hydrogen) atoms. The van der Waals surface area contributed by atoms with Crippen molar-refractivity contribution in [1.29, 1.82) is 0 Å². The second-order valence-electron chi connectivity index (χ2n) is 6.58. The van der Waals surface area contributed by atoms with Gasteiger partial charge < -0.3 is 20.2 Å². The summed E-state index contributed by atoms with van der Waals surface area (Å²) in [6, 6.07) is -0.0833. The molecule has 2 N–H and O–H groups in total. The quantitative estimate of drug-likeness (QED) is 0.778. The highest BCUT2D eigenvalue weighted by molar-refractivity contribution is 5.74. The van der Waals surface area contributed by atoms with Crippen LogP contribution < -0.4 is 5.32 Å². The van der Waals surface area contributed by atoms with Gasteiger partial charge in [0.25, 0.3) is 0 Å². The standard InChI is InChI=1S/C15H31N3O2/c1-5-18(12-15(3,4)20)14(19)16-8-11-17-9-6-13(2)7-10-17/h13,20H,5-12H2,1-4H3,(H,16,19). The number of likely N-dealkylation sites (tertiary alicyclic amines) is 1. The number of piperidine rings is 1. The average molecular weight is 285 g/mol. The summed E-state index contributed by atoms with van der Waals surface area (Å²) in [7, 11) is 0. The summed E-state index contributed by atoms with van der Waals surface area (Å²) >= 11 is 0. The Morgan fingerprint density at radius 3 is 2.50 bits per heavy atom. The second-order valence-corrected chi connectivity index (χ2v) is 6.58. The molecule has 0 aromatic heterocycles. The molecule has 1 rings (SSSR count). The zero-order chi connectivity index (χ0) is 15.2. The Bertz CT molecular complexity index is 294. The molecule has 0 saturated carbocycles. The van der Waals surface area contributed by atoms with Crippen LogP contribution in [0.15, 0.2) is 0 Å². The van der Waals surface area contributed by atoms with Crippen LogP contribution in [0, 0.1) is 5.92 Å². The lowest BCUT2D eigenvalue weighted by Gasteiger charge is -2.31. The molecule has 0 spiro atoms. The number of amides is 2. The number of carbonyl (C=O) groups is 1. The fourth-order valence-corrected chi connectivity index (χ4v) is 2.51. The van der Waals surface area contributed by atoms with Gasteiger partial charge in [0, 0.05) is 19.6 Å². The van der Waals surface area contributed by atoms with Crippen molar-refractivity contribution in [3.63, 3.8) is 0 Å². The fraction of sp³-hybridized carbons (Fsp3) is 0.933. The van der Waals surface area contributed by atoms with E-state index in [2.05, 4.69) is 17.1 Å². The molecule has 0 unspecified atom stereocenters. The van der Waals surface area contributed by atoms with Crippen LogP contribution >= 0.6 is 0 Å². The molecule has 0 aliphatic carbocycles. The zero-order valence-electron chi connectivity index (χ0n) is 13.5. The van der Waals surface area contributed by atoms with Gasteiger partial charge in [-0.05, 0) is 52.6 Å². The summed E-state index contributed by atoms with van der Waals surface area (Å²) < 4.78 is 0. The number of hydrogen-bond acceptors (Lipinski definition) is 3. The summed E-state index contributed by atoms with van der Waals surface area (Å²) in [6.07, 6.45) is 2.52. The smallest absolute Gasteiger partial charge is 0.317 e. The number of aliphatic hydroxyl groups is 1. The molecule has 1 saturated heterocycles. The van der Waals surface area contributed by atoms with Gasteiger partial charge in [-0.2, -0.15) is 0 Å². The lowest BCUT2D eigenvalue weighted by atomic mass is 9.99. The minimum absolute atomic E-state index is 0.0833. The van der Waals surface area contributed by atoms with E-state index in [9.17, 15) is 9.90 Å². The summed E-state index contributed by atoms with van der Waals surface area (Å²) in [5, 5.41) is 12.7. The first-order valence-electron chi connectivity index (χ1n) is 7.79. The molecule has 118 valence electrons. The minimum Gasteiger partial charge on any atom is -0.389 e. The SMILES string of the molecule is CCN(CC(C)(C)O)C(=O)NCCN1CCC(C)CC1. The molecular weight excluding hydrogens is 254 g/mol. The Hall–Kier alpha value is -0.810. The first kappa shape index (κ1) is 17.2. The van der Waals surface area contributed by atoms with E-state index in [4.69, 9.17) is 0 Å². The van der Waals surface area contributed by atoms with Gasteiger partial charge in [0.05, 0.1) is 12.1 Å². The van der Waals surface area contributed by atoms with Gasteiger partial charge in [-0.25, -0.2) is 4.79 Å². The van der Waals surface area contributed by atoms with E-state index in [1.54, 1.807) is 18.7 Å². The molecule has 2 amide bonds. The van der Waals surface area contributed by atoms with Crippen molar-refractivity contribution in [3.05, 3.63) is 0 Å². The third-order valence-corrected chi connectivity index (χ3v) is 3.83. The van der Waals surface area contributed by atoms with Crippen molar-refractivity contribution in [2.45, 2.75) is 46.1 Å². The van der Waals surface area contributed by atoms with E-state index >= 15 is 0 Å². The summed E-state index contributed by atoms with van der Waals surface area (Å²) in [6.45, 7) is 12.5. The van der Waals surface area contributed by atoms with Gasteiger partial charge in [-0.1, -0.05) is 6.92 Å². The lowest BCUT2D eigenvalue weighted by Crippen LogP contribution is -2.48. The molecule has 0 radical (unpaired) electrons. The molecule has 0 aromatic rings. The van der Waals surface area contributed by atoms with Crippen molar-refractivity contribution < 1.29 is 9.90 Å². The maximum absolute atomic E-state index is 12.0. The third kappa shape index (κ3) is 6.57. The van der Waals surface area contributed by atoms with Crippen molar-refractivity contribution in [2.24, 2.45) is 5.92 Å². The van der Waals surface area contributed by atoms with Crippen LogP contribution in [0.25, 0.3) is 0 Å². The Balaban J connectivity index is 2.24. The molecule has 0 bridgehead atoms. The first-order chi connectivity index (χ1) is 9.31. The normalized spacial score (nSPS) is 18.1. The van der Waals surface area contributed by atoms with Crippen LogP contribution in [0.2, 0.25) is 0 Å². The van der Waals surface area contributed by atoms with Crippen LogP contribution in [0.3, 0.4) is 0 Å². The molecule has 0 atom stereocenters. The number of urea groups is 1. The number of nitrogens with one attached hydrogen (secondary N) is 1. The zero-order valence-corrected chi connectivity index (χ0v) is 13.5. The molecule has 1 heterocycles. The van der Waals surface area contributed by atoms with Gasteiger partial charge in [0.15, 0.2) is 0 Å². The molecule has 5 heteroatoms. The van der Waals surface area contributed by atoms with Crippen molar-refractivity contribution >= 4 is 6.03 Å². The van der Waals surface area contributed by atoms with Crippen molar-refractivity contribution in [1.82, 2.24) is 15.1 Å². The van der Waals surface area contributed by atoms with Gasteiger partial charge in [-0.15, -0.1) is 0 Å². The Kier molecular flexibility index (Phi) is 6.76. The second kappa shape index (κ2) is 7.84. The Labute approximate surface area is 123 Å². The maximum atomic E-state index is 12.0. The molecule has 0 aromatic carbocycles. The van der Waals surface area contributed by atoms with Crippen LogP contribution in [0.4, 0.5) is 4.79 Å². The third-order valence-electron chi connectivity index (χ3n) is 3.83. The monoisotopic (exact) mass is 285 g/mol. The van der Waals surface area contributed by atoms with Gasteiger partial charge in [0.1, 0.15) is 0 Å². The lowest BCUT2D eigenvalue weighted by molar-refractivity contribution is 0.0479. The van der Waals surface area contributed by atoms with E-state index in [0.29, 0.717) is 19.6 Å². The van der Waals surface area contributed by atoms with Crippen LogP contribution in [0.5, 0.6) is 0 Å². The van der Waals surface area contributed by atoms with E-state index in [-0.39, 0.29) is 6.03 Å². The van der Waals surface area contributed by atoms with Crippen molar-refractivity contribution in [3.8, 4) is 0 Å². The van der Waals surface area contributed by atoms with Crippen LogP contribution in [-0.4, -0.2) is 65.8 Å². The number of carbonyl (C=O) groups excluding carboxylic acids is 1. The summed E-state index contributed by atoms with van der Waals surface area (Å²) in [5.41, 5.74) is -0.851. The van der Waals surface area contributed by atoms with Gasteiger partial charge in [0.2, 0.25) is 0 Å². The van der Waals surface area contributed by atoms with E-state index in [1.807, 2.05) is 6.92 Å². The van der Waals surface area contributed by atoms with Crippen LogP contribution in [0.1, 0.15) is 40.5 Å². The van der Waals surface area contributed by atoms with Crippen molar-refractivity contribution in [2.75, 3.05) is 39.3 Å². The maximum Gasteiger partial charge on any atom is 0.317 e. The van der Waals surface area contributed by atoms with Gasteiger partial charge in [-0.3, -0.25) is 0 Å². The highest BCUT2D eigenvalue weighted by Crippen LogP contribution is 2.15. The van der Waals surface area contributed by atoms with E-state index < -0.39 is 5.60 Å². The molecule has 5 nitrogen and oxygen atoms in total. The molecule has 1 fully saturated rings. The Morgan fingerprint density at radius 1 is 1.40 bits per heavy atom. The number of nitrogens with zero attached hydrogens (tertiary/aromatic N) is 2. The average Bonchev–Trinajstić information content (AvgIpc) is 2.37. The first-order valence-corrected chi connectivity index (χ1v) is 7.79. The summed E-state index contributed by atoms with van der Waals surface area (Å²) in [4.78, 5) is 16.1. The van der Waals surface area contributed by atoms with E-state index in [1.165, 1.54) is 12.8 Å². The summed E-state index contributed by atoms with van der Waals surface area (Å²) in [5.74, 6) is 0.836.